The van der Waals surface area contributed by atoms with Gasteiger partial charge in [0, 0.05) is 50.6 Å². The van der Waals surface area contributed by atoms with Crippen molar-refractivity contribution in [2.24, 2.45) is 5.73 Å². The van der Waals surface area contributed by atoms with Gasteiger partial charge in [-0.2, -0.15) is 0 Å². The zero-order chi connectivity index (χ0) is 19.8. The van der Waals surface area contributed by atoms with E-state index in [0.717, 1.165) is 6.54 Å². The molecule has 1 atom stereocenters. The third-order valence-corrected chi connectivity index (χ3v) is 5.64. The fourth-order valence-corrected chi connectivity index (χ4v) is 3.26. The molecule has 148 valence electrons. The van der Waals surface area contributed by atoms with E-state index in [-0.39, 0.29) is 0 Å². The van der Waals surface area contributed by atoms with Crippen molar-refractivity contribution in [3.8, 4) is 0 Å². The van der Waals surface area contributed by atoms with E-state index in [1.54, 1.807) is 17.3 Å². The Kier molecular flexibility index (Phi) is 5.44. The van der Waals surface area contributed by atoms with Gasteiger partial charge in [0.25, 0.3) is 0 Å². The van der Waals surface area contributed by atoms with Gasteiger partial charge in [-0.1, -0.05) is 0 Å². The average molecular weight is 377 g/mol. The Morgan fingerprint density at radius 1 is 1.26 bits per heavy atom. The molecule has 3 rings (SSSR count). The minimum Gasteiger partial charge on any atom is -0.480 e. The van der Waals surface area contributed by atoms with Crippen molar-refractivity contribution < 1.29 is 19.2 Å². The van der Waals surface area contributed by atoms with Gasteiger partial charge in [-0.25, -0.2) is 14.8 Å². The number of anilines is 1. The lowest BCUT2D eigenvalue weighted by molar-refractivity contribution is -0.139. The van der Waals surface area contributed by atoms with E-state index in [0.29, 0.717) is 37.6 Å². The largest absolute Gasteiger partial charge is 0.498 e. The normalized spacial score (nSPS) is 25.0. The summed E-state index contributed by atoms with van der Waals surface area (Å²) in [5, 5.41) is 9.60. The van der Waals surface area contributed by atoms with Gasteiger partial charge in [0.05, 0.1) is 11.2 Å². The summed E-state index contributed by atoms with van der Waals surface area (Å²) < 4.78 is 12.0. The number of rotatable bonds is 5. The van der Waals surface area contributed by atoms with Gasteiger partial charge in [-0.05, 0) is 27.7 Å². The maximum absolute atomic E-state index is 11.7. The molecule has 0 amide bonds. The maximum atomic E-state index is 11.7. The Hall–Kier alpha value is -1.75. The first kappa shape index (κ1) is 20.0. The third kappa shape index (κ3) is 3.93. The molecule has 0 spiro atoms. The maximum Gasteiger partial charge on any atom is 0.498 e. The molecule has 2 aliphatic rings. The number of nitrogens with zero attached hydrogens (tertiary/aromatic N) is 4. The smallest absolute Gasteiger partial charge is 0.480 e. The molecule has 3 heterocycles. The summed E-state index contributed by atoms with van der Waals surface area (Å²) in [5.74, 6) is -0.495. The van der Waals surface area contributed by atoms with Crippen LogP contribution in [-0.4, -0.2) is 83.0 Å². The second-order valence-electron chi connectivity index (χ2n) is 8.04. The van der Waals surface area contributed by atoms with E-state index in [2.05, 4.69) is 9.97 Å². The molecule has 2 saturated heterocycles. The van der Waals surface area contributed by atoms with Gasteiger partial charge in [0.15, 0.2) is 0 Å². The molecule has 9 nitrogen and oxygen atoms in total. The summed E-state index contributed by atoms with van der Waals surface area (Å²) in [6.07, 6.45) is 3.30. The highest BCUT2D eigenvalue weighted by atomic mass is 16.7. The number of hydrogen-bond acceptors (Lipinski definition) is 8. The van der Waals surface area contributed by atoms with E-state index in [1.807, 2.05) is 32.6 Å². The van der Waals surface area contributed by atoms with Crippen molar-refractivity contribution in [1.29, 1.82) is 0 Å². The van der Waals surface area contributed by atoms with Crippen LogP contribution in [0.25, 0.3) is 0 Å². The van der Waals surface area contributed by atoms with Crippen LogP contribution in [0.1, 0.15) is 27.7 Å². The SMILES string of the molecule is CC1(C)OB(c2cnc(N3CCN(CCN)C[C@H]3C(=O)O)nc2)OC1(C)C. The van der Waals surface area contributed by atoms with Crippen LogP contribution in [0.2, 0.25) is 0 Å². The quantitative estimate of drug-likeness (QED) is 0.644. The number of hydrogen-bond donors (Lipinski definition) is 2. The molecule has 10 heteroatoms. The van der Waals surface area contributed by atoms with Crippen molar-refractivity contribution in [3.05, 3.63) is 12.4 Å². The fourth-order valence-electron chi connectivity index (χ4n) is 3.26. The summed E-state index contributed by atoms with van der Waals surface area (Å²) >= 11 is 0. The number of aliphatic carboxylic acids is 1. The van der Waals surface area contributed by atoms with Gasteiger partial charge in [0.1, 0.15) is 6.04 Å². The number of carboxylic acid groups (broad SMARTS) is 1. The lowest BCUT2D eigenvalue weighted by Crippen LogP contribution is -2.57. The summed E-state index contributed by atoms with van der Waals surface area (Å²) in [7, 11) is -0.541. The summed E-state index contributed by atoms with van der Waals surface area (Å²) in [5.41, 5.74) is 5.42. The topological polar surface area (TPSA) is 114 Å². The second-order valence-corrected chi connectivity index (χ2v) is 8.04. The van der Waals surface area contributed by atoms with Crippen LogP contribution in [0.15, 0.2) is 12.4 Å². The van der Waals surface area contributed by atoms with E-state index >= 15 is 0 Å². The van der Waals surface area contributed by atoms with Crippen LogP contribution in [-0.2, 0) is 14.1 Å². The molecule has 0 saturated carbocycles. The molecule has 0 aliphatic carbocycles. The lowest BCUT2D eigenvalue weighted by Gasteiger charge is -2.39. The van der Waals surface area contributed by atoms with Gasteiger partial charge in [-0.3, -0.25) is 4.90 Å². The molecule has 0 aromatic carbocycles. The van der Waals surface area contributed by atoms with E-state index < -0.39 is 30.3 Å². The standard InChI is InChI=1S/C17H28BN5O4/c1-16(2)17(3,4)27-18(26-16)12-9-20-15(21-10-12)23-8-7-22(6-5-19)11-13(23)14(24)25/h9-10,13H,5-8,11,19H2,1-4H3,(H,24,25)/t13-/m0/s1. The molecule has 2 fully saturated rings. The van der Waals surface area contributed by atoms with Crippen LogP contribution in [0.5, 0.6) is 0 Å². The highest BCUT2D eigenvalue weighted by molar-refractivity contribution is 6.61. The zero-order valence-electron chi connectivity index (χ0n) is 16.4. The van der Waals surface area contributed by atoms with Crippen molar-refractivity contribution >= 4 is 24.5 Å². The zero-order valence-corrected chi connectivity index (χ0v) is 16.4. The van der Waals surface area contributed by atoms with Crippen molar-refractivity contribution in [1.82, 2.24) is 14.9 Å². The van der Waals surface area contributed by atoms with E-state index in [4.69, 9.17) is 15.0 Å². The monoisotopic (exact) mass is 377 g/mol. The van der Waals surface area contributed by atoms with E-state index in [9.17, 15) is 9.90 Å². The molecule has 2 aliphatic heterocycles. The number of nitrogens with two attached hydrogens (primary N) is 1. The van der Waals surface area contributed by atoms with Gasteiger partial charge >= 0.3 is 13.1 Å². The van der Waals surface area contributed by atoms with Gasteiger partial charge < -0.3 is 25.0 Å². The molecule has 3 N–H and O–H groups in total. The fraction of sp³-hybridized carbons (Fsp3) is 0.706. The Balaban J connectivity index is 1.74. The number of aromatic nitrogens is 2. The van der Waals surface area contributed by atoms with Crippen LogP contribution < -0.4 is 16.1 Å². The molecule has 1 aromatic heterocycles. The number of carboxylic acids is 1. The third-order valence-electron chi connectivity index (χ3n) is 5.64. The predicted octanol–water partition coefficient (Wildman–Crippen LogP) is -0.690. The van der Waals surface area contributed by atoms with Crippen molar-refractivity contribution in [3.63, 3.8) is 0 Å². The minimum atomic E-state index is -0.893. The number of piperazine rings is 1. The first-order valence-electron chi connectivity index (χ1n) is 9.24. The molecule has 0 unspecified atom stereocenters. The molecular weight excluding hydrogens is 349 g/mol. The van der Waals surface area contributed by atoms with Crippen LogP contribution in [0, 0.1) is 0 Å². The Labute approximate surface area is 160 Å². The van der Waals surface area contributed by atoms with Gasteiger partial charge in [-0.15, -0.1) is 0 Å². The van der Waals surface area contributed by atoms with Gasteiger partial charge in [0.2, 0.25) is 5.95 Å². The Morgan fingerprint density at radius 2 is 1.85 bits per heavy atom. The number of carbonyl (C=O) groups is 1. The summed E-state index contributed by atoms with van der Waals surface area (Å²) in [4.78, 5) is 24.3. The van der Waals surface area contributed by atoms with Crippen LogP contribution >= 0.6 is 0 Å². The second kappa shape index (κ2) is 7.35. The summed E-state index contributed by atoms with van der Waals surface area (Å²) in [6, 6.07) is -0.701. The average Bonchev–Trinajstić information content (AvgIpc) is 2.83. The molecular formula is C17H28BN5O4. The highest BCUT2D eigenvalue weighted by Crippen LogP contribution is 2.36. The van der Waals surface area contributed by atoms with Crippen molar-refractivity contribution in [2.45, 2.75) is 44.9 Å². The lowest BCUT2D eigenvalue weighted by atomic mass is 9.81. The first-order chi connectivity index (χ1) is 12.6. The molecule has 27 heavy (non-hydrogen) atoms. The highest BCUT2D eigenvalue weighted by Gasteiger charge is 2.52. The minimum absolute atomic E-state index is 0.398. The van der Waals surface area contributed by atoms with E-state index in [1.165, 1.54) is 0 Å². The summed E-state index contributed by atoms with van der Waals surface area (Å²) in [6.45, 7) is 10.8. The molecule has 0 radical (unpaired) electrons. The predicted molar refractivity (Wildman–Crippen MR) is 102 cm³/mol. The molecule has 1 aromatic rings. The van der Waals surface area contributed by atoms with Crippen LogP contribution in [0.4, 0.5) is 5.95 Å². The Morgan fingerprint density at radius 3 is 2.37 bits per heavy atom. The molecule has 0 bridgehead atoms. The Bertz CT molecular complexity index is 668. The van der Waals surface area contributed by atoms with Crippen LogP contribution in [0.3, 0.4) is 0 Å². The first-order valence-corrected chi connectivity index (χ1v) is 9.24. The van der Waals surface area contributed by atoms with Crippen molar-refractivity contribution in [2.75, 3.05) is 37.6 Å².